The number of carbonyl (C=O) groups is 4. The summed E-state index contributed by atoms with van der Waals surface area (Å²) in [6.45, 7) is 3.33. The van der Waals surface area contributed by atoms with Crippen LogP contribution in [-0.4, -0.2) is 135 Å². The van der Waals surface area contributed by atoms with Gasteiger partial charge in [-0.15, -0.1) is 0 Å². The summed E-state index contributed by atoms with van der Waals surface area (Å²) in [4.78, 5) is 52.7. The molecule has 5 fully saturated rings. The van der Waals surface area contributed by atoms with E-state index in [0.29, 0.717) is 0 Å². The number of aliphatic hydroxyl groups is 6. The zero-order chi connectivity index (χ0) is 33.0. The maximum Gasteiger partial charge on any atom is 0.348 e. The second-order valence-electron chi connectivity index (χ2n) is 13.2. The maximum atomic E-state index is 13.7. The third-order valence-electron chi connectivity index (χ3n) is 11.2. The third-order valence-corrected chi connectivity index (χ3v) is 11.2. The lowest BCUT2D eigenvalue weighted by molar-refractivity contribution is -0.296. The normalized spacial score (nSPS) is 51.7. The molecule has 16 atom stereocenters. The quantitative estimate of drug-likeness (QED) is 0.127. The lowest BCUT2D eigenvalue weighted by Crippen LogP contribution is -2.79. The highest BCUT2D eigenvalue weighted by Gasteiger charge is 2.85. The van der Waals surface area contributed by atoms with Gasteiger partial charge in [0.05, 0.1) is 32.3 Å². The van der Waals surface area contributed by atoms with Gasteiger partial charge in [-0.2, -0.15) is 0 Å². The Morgan fingerprint density at radius 1 is 1.04 bits per heavy atom. The SMILES string of the molecule is COC(=O)[C@@]12OC[C@]34[C@H]([C@@H](O)[C@@H]1O)[C@@]1(C)C=C(O[C@@H]5O[C@H](CO)[C@@H](O)[C@H](O)[C@H]5O)C(=O)[C@@H](C)[C@@H]1C[C@H]3OC(=O)[C@H](OC(C)=O)[C@@H]24. The van der Waals surface area contributed by atoms with Crippen molar-refractivity contribution in [2.24, 2.45) is 34.5 Å². The smallest absolute Gasteiger partial charge is 0.348 e. The number of hydrogen-bond acceptors (Lipinski definition) is 16. The van der Waals surface area contributed by atoms with Crippen molar-refractivity contribution in [3.63, 3.8) is 0 Å². The third kappa shape index (κ3) is 4.06. The van der Waals surface area contributed by atoms with Gasteiger partial charge in [-0.25, -0.2) is 9.59 Å². The molecule has 6 rings (SSSR count). The highest BCUT2D eigenvalue weighted by molar-refractivity contribution is 5.96. The van der Waals surface area contributed by atoms with Gasteiger partial charge in [-0.3, -0.25) is 9.59 Å². The van der Waals surface area contributed by atoms with Crippen molar-refractivity contribution in [1.82, 2.24) is 0 Å². The minimum Gasteiger partial charge on any atom is -0.467 e. The van der Waals surface area contributed by atoms with Crippen molar-refractivity contribution in [1.29, 1.82) is 0 Å². The number of hydrogen-bond donors (Lipinski definition) is 6. The van der Waals surface area contributed by atoms with Crippen LogP contribution in [0.3, 0.4) is 0 Å². The van der Waals surface area contributed by atoms with Gasteiger partial charge in [0.1, 0.15) is 36.6 Å². The van der Waals surface area contributed by atoms with Crippen LogP contribution in [0.5, 0.6) is 0 Å². The van der Waals surface area contributed by atoms with Gasteiger partial charge in [0.2, 0.25) is 18.0 Å². The minimum absolute atomic E-state index is 0.0577. The van der Waals surface area contributed by atoms with Crippen molar-refractivity contribution < 1.29 is 78.2 Å². The van der Waals surface area contributed by atoms with E-state index in [1.165, 1.54) is 6.08 Å². The van der Waals surface area contributed by atoms with Crippen molar-refractivity contribution in [2.75, 3.05) is 20.3 Å². The topological polar surface area (TPSA) is 245 Å². The monoisotopic (exact) mass is 642 g/mol. The molecule has 0 radical (unpaired) electrons. The van der Waals surface area contributed by atoms with E-state index < -0.39 is 126 Å². The second-order valence-corrected chi connectivity index (χ2v) is 13.2. The van der Waals surface area contributed by atoms with Crippen LogP contribution in [0, 0.1) is 34.5 Å². The molecule has 6 aliphatic rings. The number of methoxy groups -OCH3 is 1. The molecule has 0 aromatic heterocycles. The maximum absolute atomic E-state index is 13.7. The van der Waals surface area contributed by atoms with E-state index in [9.17, 15) is 49.8 Å². The van der Waals surface area contributed by atoms with Crippen LogP contribution < -0.4 is 0 Å². The standard InChI is InChI=1S/C29H38O16/c1-9-11-5-14-28-8-41-29(26(39)40-4,22(28)20(24(38)45-14)42-10(2)31)23(37)19(36)21(28)27(11,3)6-12(15(9)32)43-25-18(35)17(34)16(33)13(7-30)44-25/h6,9,11,13-14,16-23,25,30,33-37H,5,7-8H2,1-4H3/t9-,11-,13+,14+,16+,17-,18+,19+,20+,21+,22+,23-,25+,27-,28+,29-/m0/s1. The lowest BCUT2D eigenvalue weighted by Gasteiger charge is -2.67. The molecule has 0 aromatic rings. The predicted octanol–water partition coefficient (Wildman–Crippen LogP) is -3.31. The van der Waals surface area contributed by atoms with Gasteiger partial charge in [-0.1, -0.05) is 13.8 Å². The minimum atomic E-state index is -2.30. The fraction of sp³-hybridized carbons (Fsp3) is 0.793. The van der Waals surface area contributed by atoms with Crippen LogP contribution >= 0.6 is 0 Å². The Hall–Kier alpha value is -2.70. The zero-order valence-electron chi connectivity index (χ0n) is 25.0. The summed E-state index contributed by atoms with van der Waals surface area (Å²) < 4.78 is 33.6. The molecular weight excluding hydrogens is 604 g/mol. The number of ether oxygens (including phenoxy) is 6. The fourth-order valence-electron chi connectivity index (χ4n) is 9.36. The van der Waals surface area contributed by atoms with Gasteiger partial charge >= 0.3 is 17.9 Å². The predicted molar refractivity (Wildman–Crippen MR) is 141 cm³/mol. The molecule has 6 N–H and O–H groups in total. The molecule has 3 aliphatic carbocycles. The van der Waals surface area contributed by atoms with E-state index >= 15 is 0 Å². The molecule has 16 nitrogen and oxygen atoms in total. The molecular formula is C29H38O16. The number of rotatable bonds is 5. The number of carbonyl (C=O) groups excluding carboxylic acids is 4. The average Bonchev–Trinajstić information content (AvgIpc) is 3.30. The molecule has 0 aromatic carbocycles. The van der Waals surface area contributed by atoms with Gasteiger partial charge in [0.25, 0.3) is 0 Å². The number of esters is 3. The van der Waals surface area contributed by atoms with Crippen LogP contribution in [0.4, 0.5) is 0 Å². The Bertz CT molecular complexity index is 1310. The van der Waals surface area contributed by atoms with Gasteiger partial charge in [0.15, 0.2) is 11.5 Å². The number of ketones is 1. The van der Waals surface area contributed by atoms with Crippen LogP contribution in [0.2, 0.25) is 0 Å². The summed E-state index contributed by atoms with van der Waals surface area (Å²) >= 11 is 0. The fourth-order valence-corrected chi connectivity index (χ4v) is 9.36. The number of fused-ring (bicyclic) bond motifs is 2. The summed E-state index contributed by atoms with van der Waals surface area (Å²) in [5.74, 6) is -7.70. The van der Waals surface area contributed by atoms with E-state index in [1.54, 1.807) is 13.8 Å². The van der Waals surface area contributed by atoms with E-state index in [1.807, 2.05) is 0 Å². The molecule has 0 unspecified atom stereocenters. The average molecular weight is 643 g/mol. The van der Waals surface area contributed by atoms with E-state index in [4.69, 9.17) is 28.4 Å². The van der Waals surface area contributed by atoms with Gasteiger partial charge < -0.3 is 59.1 Å². The Morgan fingerprint density at radius 3 is 2.36 bits per heavy atom. The summed E-state index contributed by atoms with van der Waals surface area (Å²) in [6.07, 6.45) is -13.2. The number of Topliss-reactive ketones (excluding diaryl/α,β-unsaturated/α-hetero) is 1. The van der Waals surface area contributed by atoms with E-state index in [-0.39, 0.29) is 18.8 Å². The molecule has 3 saturated heterocycles. The number of aliphatic hydroxyl groups excluding tert-OH is 6. The molecule has 250 valence electrons. The number of allylic oxidation sites excluding steroid dienone is 2. The van der Waals surface area contributed by atoms with Crippen LogP contribution in [0.25, 0.3) is 0 Å². The van der Waals surface area contributed by atoms with E-state index in [0.717, 1.165) is 14.0 Å². The van der Waals surface area contributed by atoms with Crippen molar-refractivity contribution in [3.05, 3.63) is 11.8 Å². The molecule has 3 aliphatic heterocycles. The highest BCUT2D eigenvalue weighted by Crippen LogP contribution is 2.72. The van der Waals surface area contributed by atoms with Gasteiger partial charge in [0, 0.05) is 24.2 Å². The zero-order valence-corrected chi connectivity index (χ0v) is 25.0. The molecule has 2 saturated carbocycles. The Kier molecular flexibility index (Phi) is 7.64. The van der Waals surface area contributed by atoms with Crippen molar-refractivity contribution in [3.8, 4) is 0 Å². The summed E-state index contributed by atoms with van der Waals surface area (Å²) in [5.41, 5.74) is -5.00. The van der Waals surface area contributed by atoms with Crippen LogP contribution in [0.15, 0.2) is 11.8 Å². The molecule has 16 heteroatoms. The first-order chi connectivity index (χ1) is 21.1. The Balaban J connectivity index is 1.49. The lowest BCUT2D eigenvalue weighted by atomic mass is 9.38. The largest absolute Gasteiger partial charge is 0.467 e. The van der Waals surface area contributed by atoms with Crippen LogP contribution in [0.1, 0.15) is 27.2 Å². The van der Waals surface area contributed by atoms with Crippen molar-refractivity contribution in [2.45, 2.75) is 87.9 Å². The molecule has 2 bridgehead atoms. The Morgan fingerprint density at radius 2 is 1.73 bits per heavy atom. The molecule has 3 heterocycles. The molecule has 0 amide bonds. The highest BCUT2D eigenvalue weighted by atomic mass is 16.7. The molecule has 1 spiro atoms. The summed E-state index contributed by atoms with van der Waals surface area (Å²) in [5, 5.41) is 64.2. The Labute approximate surface area is 256 Å². The second kappa shape index (κ2) is 10.7. The van der Waals surface area contributed by atoms with Gasteiger partial charge in [-0.05, 0) is 23.8 Å². The molecule has 45 heavy (non-hydrogen) atoms. The summed E-state index contributed by atoms with van der Waals surface area (Å²) in [7, 11) is 1.05. The summed E-state index contributed by atoms with van der Waals surface area (Å²) in [6, 6.07) is 0. The van der Waals surface area contributed by atoms with E-state index in [2.05, 4.69) is 0 Å². The first-order valence-corrected chi connectivity index (χ1v) is 14.8. The first kappa shape index (κ1) is 32.2. The van der Waals surface area contributed by atoms with Crippen LogP contribution in [-0.2, 0) is 47.6 Å². The first-order valence-electron chi connectivity index (χ1n) is 14.8. The van der Waals surface area contributed by atoms with Crippen molar-refractivity contribution >= 4 is 23.7 Å².